The van der Waals surface area contributed by atoms with Crippen LogP contribution < -0.4 is 5.32 Å². The summed E-state index contributed by atoms with van der Waals surface area (Å²) >= 11 is 0. The van der Waals surface area contributed by atoms with Crippen molar-refractivity contribution in [2.45, 2.75) is 58.0 Å². The molecule has 4 nitrogen and oxygen atoms in total. The molecule has 2 heterocycles. The number of nitrogens with zero attached hydrogens (tertiary/aromatic N) is 2. The first kappa shape index (κ1) is 14.8. The van der Waals surface area contributed by atoms with Crippen LogP contribution in [0.2, 0.25) is 0 Å². The van der Waals surface area contributed by atoms with Gasteiger partial charge in [0.05, 0.1) is 5.54 Å². The Morgan fingerprint density at radius 2 is 1.95 bits per heavy atom. The molecular weight excluding hydrogens is 238 g/mol. The van der Waals surface area contributed by atoms with E-state index in [1.807, 2.05) is 0 Å². The molecule has 2 atom stereocenters. The predicted octanol–water partition coefficient (Wildman–Crippen LogP) is 1.46. The van der Waals surface area contributed by atoms with Gasteiger partial charge in [0.15, 0.2) is 0 Å². The van der Waals surface area contributed by atoms with Gasteiger partial charge in [0, 0.05) is 32.2 Å². The molecular formula is C15H29N3O. The molecule has 2 unspecified atom stereocenters. The smallest absolute Gasteiger partial charge is 0.242 e. The van der Waals surface area contributed by atoms with E-state index in [4.69, 9.17) is 0 Å². The standard InChI is InChI=1S/C15H29N3O/c1-4-13(3)17-9-11-18(12-10-17)14(19)15(5-2)7-6-8-16-15/h13,16H,4-12H2,1-3H3. The van der Waals surface area contributed by atoms with E-state index in [1.54, 1.807) is 0 Å². The summed E-state index contributed by atoms with van der Waals surface area (Å²) in [5, 5.41) is 3.46. The van der Waals surface area contributed by atoms with Crippen molar-refractivity contribution >= 4 is 5.91 Å². The van der Waals surface area contributed by atoms with Crippen molar-refractivity contribution in [1.29, 1.82) is 0 Å². The van der Waals surface area contributed by atoms with Gasteiger partial charge in [0.1, 0.15) is 0 Å². The van der Waals surface area contributed by atoms with Crippen LogP contribution in [0, 0.1) is 0 Å². The van der Waals surface area contributed by atoms with E-state index in [-0.39, 0.29) is 5.54 Å². The maximum atomic E-state index is 12.7. The topological polar surface area (TPSA) is 35.6 Å². The number of nitrogens with one attached hydrogen (secondary N) is 1. The Kier molecular flexibility index (Phi) is 4.85. The lowest BCUT2D eigenvalue weighted by Crippen LogP contribution is -2.59. The lowest BCUT2D eigenvalue weighted by Gasteiger charge is -2.41. The van der Waals surface area contributed by atoms with Crippen LogP contribution in [0.1, 0.15) is 46.5 Å². The Labute approximate surface area is 117 Å². The van der Waals surface area contributed by atoms with Crippen molar-refractivity contribution in [1.82, 2.24) is 15.1 Å². The molecule has 0 spiro atoms. The summed E-state index contributed by atoms with van der Waals surface area (Å²) in [7, 11) is 0. The normalized spacial score (nSPS) is 30.6. The second-order valence-electron chi connectivity index (χ2n) is 6.05. The van der Waals surface area contributed by atoms with Gasteiger partial charge in [-0.05, 0) is 39.2 Å². The van der Waals surface area contributed by atoms with Gasteiger partial charge in [-0.2, -0.15) is 0 Å². The van der Waals surface area contributed by atoms with Crippen LogP contribution in [0.25, 0.3) is 0 Å². The number of amides is 1. The first-order valence-corrected chi connectivity index (χ1v) is 7.91. The third-order valence-electron chi connectivity index (χ3n) is 5.07. The second kappa shape index (κ2) is 6.23. The van der Waals surface area contributed by atoms with Crippen molar-refractivity contribution in [3.05, 3.63) is 0 Å². The monoisotopic (exact) mass is 267 g/mol. The van der Waals surface area contributed by atoms with Gasteiger partial charge >= 0.3 is 0 Å². The number of rotatable bonds is 4. The average molecular weight is 267 g/mol. The number of carbonyl (C=O) groups is 1. The molecule has 4 heteroatoms. The molecule has 0 aliphatic carbocycles. The molecule has 0 aromatic rings. The van der Waals surface area contributed by atoms with Crippen LogP contribution in [-0.4, -0.2) is 60.0 Å². The number of hydrogen-bond donors (Lipinski definition) is 1. The maximum Gasteiger partial charge on any atom is 0.242 e. The molecule has 1 amide bonds. The summed E-state index contributed by atoms with van der Waals surface area (Å²) in [5.41, 5.74) is -0.251. The highest BCUT2D eigenvalue weighted by Gasteiger charge is 2.42. The lowest BCUT2D eigenvalue weighted by molar-refractivity contribution is -0.140. The molecule has 1 N–H and O–H groups in total. The molecule has 19 heavy (non-hydrogen) atoms. The highest BCUT2D eigenvalue weighted by Crippen LogP contribution is 2.26. The minimum Gasteiger partial charge on any atom is -0.339 e. The summed E-state index contributed by atoms with van der Waals surface area (Å²) in [6, 6.07) is 0.641. The van der Waals surface area contributed by atoms with Gasteiger partial charge in [-0.25, -0.2) is 0 Å². The molecule has 0 aromatic carbocycles. The van der Waals surface area contributed by atoms with Crippen LogP contribution in [-0.2, 0) is 4.79 Å². The van der Waals surface area contributed by atoms with Crippen LogP contribution >= 0.6 is 0 Å². The fourth-order valence-electron chi connectivity index (χ4n) is 3.37. The zero-order valence-electron chi connectivity index (χ0n) is 12.7. The minimum atomic E-state index is -0.251. The van der Waals surface area contributed by atoms with Gasteiger partial charge in [-0.1, -0.05) is 13.8 Å². The molecule has 0 radical (unpaired) electrons. The molecule has 2 aliphatic heterocycles. The second-order valence-corrected chi connectivity index (χ2v) is 6.05. The lowest BCUT2D eigenvalue weighted by atomic mass is 9.92. The van der Waals surface area contributed by atoms with Crippen molar-refractivity contribution in [2.24, 2.45) is 0 Å². The molecule has 0 bridgehead atoms. The highest BCUT2D eigenvalue weighted by molar-refractivity contribution is 5.86. The van der Waals surface area contributed by atoms with Gasteiger partial charge in [0.2, 0.25) is 5.91 Å². The Morgan fingerprint density at radius 3 is 2.42 bits per heavy atom. The van der Waals surface area contributed by atoms with E-state index < -0.39 is 0 Å². The summed E-state index contributed by atoms with van der Waals surface area (Å²) in [5.74, 6) is 0.344. The quantitative estimate of drug-likeness (QED) is 0.837. The summed E-state index contributed by atoms with van der Waals surface area (Å²) < 4.78 is 0. The summed E-state index contributed by atoms with van der Waals surface area (Å²) in [4.78, 5) is 17.3. The van der Waals surface area contributed by atoms with Crippen LogP contribution in [0.4, 0.5) is 0 Å². The van der Waals surface area contributed by atoms with Gasteiger partial charge < -0.3 is 10.2 Å². The Bertz CT molecular complexity index is 305. The van der Waals surface area contributed by atoms with E-state index in [2.05, 4.69) is 35.9 Å². The molecule has 110 valence electrons. The maximum absolute atomic E-state index is 12.7. The highest BCUT2D eigenvalue weighted by atomic mass is 16.2. The van der Waals surface area contributed by atoms with E-state index >= 15 is 0 Å². The van der Waals surface area contributed by atoms with Crippen LogP contribution in [0.3, 0.4) is 0 Å². The van der Waals surface area contributed by atoms with Crippen LogP contribution in [0.15, 0.2) is 0 Å². The summed E-state index contributed by atoms with van der Waals surface area (Å²) in [6.07, 6.45) is 4.24. The van der Waals surface area contributed by atoms with Gasteiger partial charge in [0.25, 0.3) is 0 Å². The molecule has 2 aliphatic rings. The Hall–Kier alpha value is -0.610. The minimum absolute atomic E-state index is 0.251. The van der Waals surface area contributed by atoms with E-state index in [0.717, 1.165) is 52.0 Å². The largest absolute Gasteiger partial charge is 0.339 e. The number of piperazine rings is 1. The number of hydrogen-bond acceptors (Lipinski definition) is 3. The van der Waals surface area contributed by atoms with E-state index in [0.29, 0.717) is 11.9 Å². The fraction of sp³-hybridized carbons (Fsp3) is 0.933. The molecule has 2 rings (SSSR count). The van der Waals surface area contributed by atoms with Gasteiger partial charge in [-0.15, -0.1) is 0 Å². The Balaban J connectivity index is 1.92. The number of carbonyl (C=O) groups excluding carboxylic acids is 1. The predicted molar refractivity (Wildman–Crippen MR) is 78.2 cm³/mol. The average Bonchev–Trinajstić information content (AvgIpc) is 2.96. The van der Waals surface area contributed by atoms with E-state index in [9.17, 15) is 4.79 Å². The van der Waals surface area contributed by atoms with Gasteiger partial charge in [-0.3, -0.25) is 9.69 Å². The molecule has 2 fully saturated rings. The molecule has 2 saturated heterocycles. The first-order chi connectivity index (χ1) is 9.13. The van der Waals surface area contributed by atoms with Crippen molar-refractivity contribution in [3.63, 3.8) is 0 Å². The Morgan fingerprint density at radius 1 is 1.26 bits per heavy atom. The first-order valence-electron chi connectivity index (χ1n) is 7.91. The zero-order chi connectivity index (χ0) is 13.9. The SMILES string of the molecule is CCC(C)N1CCN(C(=O)C2(CC)CCCN2)CC1. The molecule has 0 aromatic heterocycles. The summed E-state index contributed by atoms with van der Waals surface area (Å²) in [6.45, 7) is 11.5. The fourth-order valence-corrected chi connectivity index (χ4v) is 3.37. The van der Waals surface area contributed by atoms with Crippen molar-refractivity contribution in [3.8, 4) is 0 Å². The van der Waals surface area contributed by atoms with Crippen molar-refractivity contribution in [2.75, 3.05) is 32.7 Å². The third-order valence-corrected chi connectivity index (χ3v) is 5.07. The third kappa shape index (κ3) is 2.95. The van der Waals surface area contributed by atoms with E-state index in [1.165, 1.54) is 6.42 Å². The molecule has 0 saturated carbocycles. The van der Waals surface area contributed by atoms with Crippen molar-refractivity contribution < 1.29 is 4.79 Å². The zero-order valence-corrected chi connectivity index (χ0v) is 12.7. The van der Waals surface area contributed by atoms with Crippen LogP contribution in [0.5, 0.6) is 0 Å².